The Morgan fingerprint density at radius 2 is 0.667 bits per heavy atom. The highest BCUT2D eigenvalue weighted by Crippen LogP contribution is 2.19. The molecule has 0 aliphatic heterocycles. The van der Waals surface area contributed by atoms with Crippen LogP contribution in [-0.4, -0.2) is 0 Å². The van der Waals surface area contributed by atoms with E-state index in [0.29, 0.717) is 5.41 Å². The SMILES string of the molecule is CC.CC.CCC.CCC.CCCC.CCCC(C)(C)C. The van der Waals surface area contributed by atoms with Crippen molar-refractivity contribution in [2.24, 2.45) is 5.41 Å². The van der Waals surface area contributed by atoms with Crippen LogP contribution in [0.1, 0.15) is 135 Å². The van der Waals surface area contributed by atoms with Crippen molar-refractivity contribution in [1.82, 2.24) is 0 Å². The summed E-state index contributed by atoms with van der Waals surface area (Å²) in [5, 5.41) is 0. The van der Waals surface area contributed by atoms with Gasteiger partial charge >= 0.3 is 0 Å². The first-order valence-corrected chi connectivity index (χ1v) is 9.80. The fourth-order valence-electron chi connectivity index (χ4n) is 0.750. The minimum absolute atomic E-state index is 0.550. The van der Waals surface area contributed by atoms with Gasteiger partial charge in [0.2, 0.25) is 0 Å². The van der Waals surface area contributed by atoms with E-state index in [0.717, 1.165) is 0 Å². The number of unbranched alkanes of at least 4 members (excludes halogenated alkanes) is 1. The quantitative estimate of drug-likeness (QED) is 0.476. The van der Waals surface area contributed by atoms with Gasteiger partial charge in [0.25, 0.3) is 0 Å². The summed E-state index contributed by atoms with van der Waals surface area (Å²) in [6, 6.07) is 0. The van der Waals surface area contributed by atoms with Crippen LogP contribution in [0.25, 0.3) is 0 Å². The molecule has 0 N–H and O–H groups in total. The summed E-state index contributed by atoms with van der Waals surface area (Å²) < 4.78 is 0. The maximum atomic E-state index is 2.27. The van der Waals surface area contributed by atoms with Gasteiger partial charge < -0.3 is 0 Å². The molecule has 0 radical (unpaired) electrons. The van der Waals surface area contributed by atoms with Gasteiger partial charge in [-0.1, -0.05) is 129 Å². The van der Waals surface area contributed by atoms with Crippen LogP contribution >= 0.6 is 0 Å². The molecule has 138 valence electrons. The second-order valence-electron chi connectivity index (χ2n) is 5.72. The Kier molecular flexibility index (Phi) is 89.1. The molecule has 0 aromatic rings. The minimum atomic E-state index is 0.550. The Bertz CT molecular complexity index is 72.5. The van der Waals surface area contributed by atoms with Crippen molar-refractivity contribution in [3.8, 4) is 0 Å². The van der Waals surface area contributed by atoms with Crippen molar-refractivity contribution in [1.29, 1.82) is 0 Å². The lowest BCUT2D eigenvalue weighted by Gasteiger charge is -2.15. The molecule has 0 amide bonds. The zero-order valence-electron chi connectivity index (χ0n) is 18.7. The van der Waals surface area contributed by atoms with Gasteiger partial charge in [-0.2, -0.15) is 0 Å². The first kappa shape index (κ1) is 37.3. The average Bonchev–Trinajstić information content (AvgIpc) is 2.44. The Labute approximate surface area is 141 Å². The van der Waals surface area contributed by atoms with Crippen LogP contribution in [0.4, 0.5) is 0 Å². The molecular formula is C21H54. The van der Waals surface area contributed by atoms with Gasteiger partial charge in [-0.15, -0.1) is 0 Å². The molecule has 21 heavy (non-hydrogen) atoms. The first-order valence-electron chi connectivity index (χ1n) is 9.80. The maximum Gasteiger partial charge on any atom is -0.0383 e. The molecule has 0 rings (SSSR count). The second-order valence-corrected chi connectivity index (χ2v) is 5.72. The molecule has 0 saturated carbocycles. The third kappa shape index (κ3) is 259. The van der Waals surface area contributed by atoms with E-state index in [-0.39, 0.29) is 0 Å². The van der Waals surface area contributed by atoms with Gasteiger partial charge in [-0.3, -0.25) is 0 Å². The van der Waals surface area contributed by atoms with Crippen molar-refractivity contribution in [2.75, 3.05) is 0 Å². The van der Waals surface area contributed by atoms with E-state index < -0.39 is 0 Å². The minimum Gasteiger partial charge on any atom is -0.0683 e. The Morgan fingerprint density at radius 1 is 0.476 bits per heavy atom. The highest BCUT2D eigenvalue weighted by Gasteiger charge is 2.06. The summed E-state index contributed by atoms with van der Waals surface area (Å²) in [4.78, 5) is 0. The third-order valence-corrected chi connectivity index (χ3v) is 1.50. The van der Waals surface area contributed by atoms with E-state index in [4.69, 9.17) is 0 Å². The van der Waals surface area contributed by atoms with Crippen molar-refractivity contribution in [3.05, 3.63) is 0 Å². The third-order valence-electron chi connectivity index (χ3n) is 1.50. The highest BCUT2D eigenvalue weighted by molar-refractivity contribution is 4.58. The van der Waals surface area contributed by atoms with Crippen molar-refractivity contribution in [2.45, 2.75) is 135 Å². The molecule has 0 heteroatoms. The van der Waals surface area contributed by atoms with E-state index in [1.165, 1.54) is 38.5 Å². The molecule has 0 nitrogen and oxygen atoms in total. The lowest BCUT2D eigenvalue weighted by Crippen LogP contribution is -2.02. The topological polar surface area (TPSA) is 0 Å². The van der Waals surface area contributed by atoms with Gasteiger partial charge in [0.05, 0.1) is 0 Å². The van der Waals surface area contributed by atoms with Gasteiger partial charge in [0, 0.05) is 0 Å². The van der Waals surface area contributed by atoms with Crippen LogP contribution in [0.5, 0.6) is 0 Å². The number of hydrogen-bond acceptors (Lipinski definition) is 0. The number of rotatable bonds is 2. The van der Waals surface area contributed by atoms with Crippen LogP contribution in [-0.2, 0) is 0 Å². The normalized spacial score (nSPS) is 7.71. The first-order chi connectivity index (χ1) is 9.80. The lowest BCUT2D eigenvalue weighted by molar-refractivity contribution is 0.373. The summed E-state index contributed by atoms with van der Waals surface area (Å²) >= 11 is 0. The van der Waals surface area contributed by atoms with Crippen molar-refractivity contribution < 1.29 is 0 Å². The van der Waals surface area contributed by atoms with Gasteiger partial charge in [-0.25, -0.2) is 0 Å². The van der Waals surface area contributed by atoms with Crippen molar-refractivity contribution >= 4 is 0 Å². The lowest BCUT2D eigenvalue weighted by atomic mass is 9.91. The molecule has 0 heterocycles. The van der Waals surface area contributed by atoms with Crippen LogP contribution in [0.3, 0.4) is 0 Å². The van der Waals surface area contributed by atoms with Crippen LogP contribution < -0.4 is 0 Å². The molecule has 0 fully saturated rings. The van der Waals surface area contributed by atoms with Gasteiger partial charge in [0.1, 0.15) is 0 Å². The molecule has 0 spiro atoms. The largest absolute Gasteiger partial charge is 0.0683 e. The summed E-state index contributed by atoms with van der Waals surface area (Å²) in [5.74, 6) is 0. The van der Waals surface area contributed by atoms with E-state index in [2.05, 4.69) is 69.2 Å². The molecule has 0 aliphatic rings. The molecular weight excluding hydrogens is 252 g/mol. The Balaban J connectivity index is -0.0000000350. The summed E-state index contributed by atoms with van der Waals surface area (Å²) in [5.41, 5.74) is 0.550. The Hall–Kier alpha value is 0. The van der Waals surface area contributed by atoms with E-state index in [1.54, 1.807) is 0 Å². The maximum absolute atomic E-state index is 2.27. The molecule has 0 atom stereocenters. The summed E-state index contributed by atoms with van der Waals surface area (Å²) in [7, 11) is 0. The fraction of sp³-hybridized carbons (Fsp3) is 1.00. The molecule has 0 bridgehead atoms. The predicted octanol–water partition coefficient (Wildman–Crippen LogP) is 9.52. The van der Waals surface area contributed by atoms with Crippen LogP contribution in [0, 0.1) is 5.41 Å². The Morgan fingerprint density at radius 3 is 0.667 bits per heavy atom. The standard InChI is InChI=1S/C7H16.C4H10.2C3H8.2C2H6/c1-5-6-7(2,3)4;1-3-4-2;2*1-3-2;2*1-2/h5-6H2,1-4H3;3-4H2,1-2H3;2*3H2,1-2H3;2*1-2H3. The second kappa shape index (κ2) is 50.1. The zero-order chi connectivity index (χ0) is 18.7. The predicted molar refractivity (Wildman–Crippen MR) is 110 cm³/mol. The molecule has 0 aromatic heterocycles. The monoisotopic (exact) mass is 306 g/mol. The molecule has 0 unspecified atom stereocenters. The molecule has 0 aliphatic carbocycles. The zero-order valence-corrected chi connectivity index (χ0v) is 18.7. The van der Waals surface area contributed by atoms with Crippen LogP contribution in [0.2, 0.25) is 0 Å². The van der Waals surface area contributed by atoms with E-state index in [9.17, 15) is 0 Å². The fourth-order valence-corrected chi connectivity index (χ4v) is 0.750. The van der Waals surface area contributed by atoms with Gasteiger partial charge in [-0.05, 0) is 11.8 Å². The highest BCUT2D eigenvalue weighted by atomic mass is 14.1. The molecule has 0 aromatic carbocycles. The average molecular weight is 307 g/mol. The smallest absolute Gasteiger partial charge is 0.0383 e. The van der Waals surface area contributed by atoms with E-state index in [1.807, 2.05) is 27.7 Å². The summed E-state index contributed by atoms with van der Waals surface area (Å²) in [6.45, 7) is 29.9. The van der Waals surface area contributed by atoms with E-state index >= 15 is 0 Å². The number of hydrogen-bond donors (Lipinski definition) is 0. The molecule has 0 saturated heterocycles. The van der Waals surface area contributed by atoms with Crippen LogP contribution in [0.15, 0.2) is 0 Å². The van der Waals surface area contributed by atoms with Crippen molar-refractivity contribution in [3.63, 3.8) is 0 Å². The van der Waals surface area contributed by atoms with Gasteiger partial charge in [0.15, 0.2) is 0 Å². The summed E-state index contributed by atoms with van der Waals surface area (Å²) in [6.07, 6.45) is 7.79.